The standard InChI is InChI=1S/C28H31N7O4S/c1-20-19-39-17-16-35(20)24-18-23(28(11-4-12-28)40(37,38)25-6-2-3-14-30-25)33-26(34-24)21-7-9-22(10-8-21)32-27(36)31-15-5-13-29/h2-3,6-10,14,18,20H,4-5,11-12,15-17,19H2,1H3,(H2,31,32,36)/t20-/m0/s1. The molecule has 0 radical (unpaired) electrons. The third kappa shape index (κ3) is 5.35. The molecule has 1 aliphatic heterocycles. The lowest BCUT2D eigenvalue weighted by Crippen LogP contribution is -2.46. The van der Waals surface area contributed by atoms with E-state index in [2.05, 4.69) is 20.5 Å². The topological polar surface area (TPSA) is 150 Å². The molecule has 0 unspecified atom stereocenters. The molecule has 11 nitrogen and oxygen atoms in total. The van der Waals surface area contributed by atoms with Crippen molar-refractivity contribution in [2.75, 3.05) is 36.5 Å². The van der Waals surface area contributed by atoms with E-state index in [4.69, 9.17) is 20.0 Å². The average Bonchev–Trinajstić information content (AvgIpc) is 2.93. The van der Waals surface area contributed by atoms with Crippen LogP contribution in [-0.2, 0) is 19.3 Å². The van der Waals surface area contributed by atoms with Crippen molar-refractivity contribution < 1.29 is 17.9 Å². The maximum atomic E-state index is 14.0. The quantitative estimate of drug-likeness (QED) is 0.393. The molecule has 208 valence electrons. The van der Waals surface area contributed by atoms with Crippen molar-refractivity contribution in [3.8, 4) is 17.5 Å². The molecule has 3 aromatic rings. The Bertz CT molecular complexity index is 1500. The molecule has 2 fully saturated rings. The molecule has 1 aliphatic carbocycles. The molecule has 2 N–H and O–H groups in total. The summed E-state index contributed by atoms with van der Waals surface area (Å²) in [5.41, 5.74) is 1.70. The van der Waals surface area contributed by atoms with E-state index >= 15 is 0 Å². The van der Waals surface area contributed by atoms with E-state index in [0.717, 1.165) is 6.42 Å². The molecule has 1 aromatic carbocycles. The van der Waals surface area contributed by atoms with Crippen molar-refractivity contribution in [1.82, 2.24) is 20.3 Å². The van der Waals surface area contributed by atoms with Crippen molar-refractivity contribution in [1.29, 1.82) is 5.26 Å². The number of benzene rings is 1. The molecular weight excluding hydrogens is 530 g/mol. The smallest absolute Gasteiger partial charge is 0.319 e. The van der Waals surface area contributed by atoms with Gasteiger partial charge in [-0.2, -0.15) is 5.26 Å². The zero-order valence-corrected chi connectivity index (χ0v) is 23.0. The molecule has 12 heteroatoms. The Balaban J connectivity index is 1.53. The number of nitrogens with zero attached hydrogens (tertiary/aromatic N) is 5. The minimum atomic E-state index is -3.83. The van der Waals surface area contributed by atoms with Gasteiger partial charge in [0.1, 0.15) is 10.6 Å². The lowest BCUT2D eigenvalue weighted by atomic mass is 9.81. The summed E-state index contributed by atoms with van der Waals surface area (Å²) in [5.74, 6) is 1.05. The molecule has 1 saturated heterocycles. The molecule has 2 amide bonds. The van der Waals surface area contributed by atoms with E-state index in [1.807, 2.05) is 19.1 Å². The molecule has 1 saturated carbocycles. The summed E-state index contributed by atoms with van der Waals surface area (Å²) < 4.78 is 32.3. The summed E-state index contributed by atoms with van der Waals surface area (Å²) in [7, 11) is -3.83. The Morgan fingerprint density at radius 2 is 2.00 bits per heavy atom. The van der Waals surface area contributed by atoms with Gasteiger partial charge >= 0.3 is 6.03 Å². The number of hydrogen-bond donors (Lipinski definition) is 2. The van der Waals surface area contributed by atoms with Crippen LogP contribution in [0.5, 0.6) is 0 Å². The molecule has 5 rings (SSSR count). The van der Waals surface area contributed by atoms with Gasteiger partial charge in [-0.25, -0.2) is 28.2 Å². The molecule has 0 spiro atoms. The van der Waals surface area contributed by atoms with Gasteiger partial charge in [0.25, 0.3) is 0 Å². The maximum absolute atomic E-state index is 14.0. The number of amides is 2. The first-order valence-electron chi connectivity index (χ1n) is 13.3. The Morgan fingerprint density at radius 1 is 1.20 bits per heavy atom. The predicted octanol–water partition coefficient (Wildman–Crippen LogP) is 3.65. The van der Waals surface area contributed by atoms with Crippen LogP contribution in [0.4, 0.5) is 16.3 Å². The summed E-state index contributed by atoms with van der Waals surface area (Å²) in [6.07, 6.45) is 3.38. The fraction of sp³-hybridized carbons (Fsp3) is 0.393. The number of pyridine rings is 1. The van der Waals surface area contributed by atoms with E-state index < -0.39 is 20.6 Å². The zero-order valence-electron chi connectivity index (χ0n) is 22.2. The van der Waals surface area contributed by atoms with Gasteiger partial charge in [0, 0.05) is 36.6 Å². The van der Waals surface area contributed by atoms with Crippen LogP contribution in [0.15, 0.2) is 59.8 Å². The number of sulfone groups is 1. The Labute approximate surface area is 233 Å². The minimum absolute atomic E-state index is 0.0413. The van der Waals surface area contributed by atoms with Crippen molar-refractivity contribution in [3.63, 3.8) is 0 Å². The van der Waals surface area contributed by atoms with Gasteiger partial charge in [0.15, 0.2) is 10.9 Å². The maximum Gasteiger partial charge on any atom is 0.319 e. The van der Waals surface area contributed by atoms with E-state index in [9.17, 15) is 13.2 Å². The van der Waals surface area contributed by atoms with Crippen LogP contribution in [0, 0.1) is 11.3 Å². The van der Waals surface area contributed by atoms with Crippen LogP contribution in [-0.4, -0.2) is 61.7 Å². The van der Waals surface area contributed by atoms with Crippen molar-refractivity contribution in [3.05, 3.63) is 60.4 Å². The van der Waals surface area contributed by atoms with Gasteiger partial charge in [-0.3, -0.25) is 0 Å². The van der Waals surface area contributed by atoms with E-state index in [1.54, 1.807) is 36.4 Å². The predicted molar refractivity (Wildman–Crippen MR) is 149 cm³/mol. The highest BCUT2D eigenvalue weighted by Gasteiger charge is 2.53. The number of rotatable bonds is 8. The van der Waals surface area contributed by atoms with E-state index in [-0.39, 0.29) is 24.0 Å². The number of morpholine rings is 1. The normalized spacial score (nSPS) is 18.3. The Morgan fingerprint density at radius 3 is 2.65 bits per heavy atom. The third-order valence-electron chi connectivity index (χ3n) is 7.35. The molecule has 3 heterocycles. The number of nitrogens with one attached hydrogen (secondary N) is 2. The molecule has 1 atom stereocenters. The van der Waals surface area contributed by atoms with Gasteiger partial charge in [0.2, 0.25) is 9.84 Å². The second-order valence-electron chi connectivity index (χ2n) is 9.94. The summed E-state index contributed by atoms with van der Waals surface area (Å²) in [4.78, 5) is 28.1. The van der Waals surface area contributed by atoms with Crippen LogP contribution in [0.1, 0.15) is 38.3 Å². The average molecular weight is 562 g/mol. The number of nitriles is 1. The van der Waals surface area contributed by atoms with Crippen LogP contribution in [0.25, 0.3) is 11.4 Å². The summed E-state index contributed by atoms with van der Waals surface area (Å²) >= 11 is 0. The van der Waals surface area contributed by atoms with Gasteiger partial charge in [-0.1, -0.05) is 6.07 Å². The highest BCUT2D eigenvalue weighted by atomic mass is 32.2. The molecule has 40 heavy (non-hydrogen) atoms. The van der Waals surface area contributed by atoms with Crippen molar-refractivity contribution >= 4 is 27.4 Å². The number of urea groups is 1. The lowest BCUT2D eigenvalue weighted by Gasteiger charge is -2.41. The van der Waals surface area contributed by atoms with E-state index in [0.29, 0.717) is 61.2 Å². The summed E-state index contributed by atoms with van der Waals surface area (Å²) in [6.45, 7) is 4.02. The molecule has 0 bridgehead atoms. The largest absolute Gasteiger partial charge is 0.377 e. The summed E-state index contributed by atoms with van der Waals surface area (Å²) in [5, 5.41) is 14.0. The second kappa shape index (κ2) is 11.6. The number of carbonyl (C=O) groups is 1. The van der Waals surface area contributed by atoms with E-state index in [1.165, 1.54) is 12.3 Å². The van der Waals surface area contributed by atoms with Crippen LogP contribution >= 0.6 is 0 Å². The minimum Gasteiger partial charge on any atom is -0.377 e. The monoisotopic (exact) mass is 561 g/mol. The van der Waals surface area contributed by atoms with Gasteiger partial charge in [0.05, 0.1) is 37.4 Å². The number of carbonyl (C=O) groups excluding carboxylic acids is 1. The zero-order chi connectivity index (χ0) is 28.2. The molecule has 2 aromatic heterocycles. The van der Waals surface area contributed by atoms with Gasteiger partial charge in [-0.05, 0) is 62.6 Å². The van der Waals surface area contributed by atoms with Gasteiger partial charge < -0.3 is 20.3 Å². The van der Waals surface area contributed by atoms with Gasteiger partial charge in [-0.15, -0.1) is 0 Å². The lowest BCUT2D eigenvalue weighted by molar-refractivity contribution is 0.0985. The van der Waals surface area contributed by atoms with Crippen LogP contribution < -0.4 is 15.5 Å². The first-order valence-corrected chi connectivity index (χ1v) is 14.7. The van der Waals surface area contributed by atoms with Crippen molar-refractivity contribution in [2.45, 2.75) is 48.4 Å². The number of aromatic nitrogens is 3. The molecular formula is C28H31N7O4S. The Hall–Kier alpha value is -4.08. The SMILES string of the molecule is C[C@H]1COCCN1c1cc(C2(S(=O)(=O)c3ccccn3)CCC2)nc(-c2ccc(NC(=O)NCCC#N)cc2)n1. The number of hydrogen-bond acceptors (Lipinski definition) is 9. The first kappa shape index (κ1) is 27.5. The first-order chi connectivity index (χ1) is 19.3. The molecule has 2 aliphatic rings. The number of ether oxygens (including phenoxy) is 1. The Kier molecular flexibility index (Phi) is 7.95. The number of anilines is 2. The highest BCUT2D eigenvalue weighted by molar-refractivity contribution is 7.92. The highest BCUT2D eigenvalue weighted by Crippen LogP contribution is 2.50. The van der Waals surface area contributed by atoms with Crippen LogP contribution in [0.2, 0.25) is 0 Å². The fourth-order valence-corrected chi connectivity index (χ4v) is 7.05. The third-order valence-corrected chi connectivity index (χ3v) is 9.79. The van der Waals surface area contributed by atoms with Crippen LogP contribution in [0.3, 0.4) is 0 Å². The van der Waals surface area contributed by atoms with Crippen molar-refractivity contribution in [2.24, 2.45) is 0 Å². The second-order valence-corrected chi connectivity index (χ2v) is 12.1. The fourth-order valence-electron chi connectivity index (χ4n) is 4.99. The summed E-state index contributed by atoms with van der Waals surface area (Å²) in [6, 6.07) is 15.4.